The summed E-state index contributed by atoms with van der Waals surface area (Å²) < 4.78 is 20.3. The number of carbonyl (C=O) groups is 3. The normalized spacial score (nSPS) is 22.2. The van der Waals surface area contributed by atoms with Crippen LogP contribution in [0.3, 0.4) is 0 Å². The molecule has 3 saturated heterocycles. The zero-order valence-electron chi connectivity index (χ0n) is 27.1. The molecular weight excluding hydrogens is 570 g/mol. The van der Waals surface area contributed by atoms with Gasteiger partial charge in [0.05, 0.1) is 25.2 Å². The summed E-state index contributed by atoms with van der Waals surface area (Å²) in [6, 6.07) is 20.3. The molecule has 3 heterocycles. The summed E-state index contributed by atoms with van der Waals surface area (Å²) in [4.78, 5) is 35.7. The van der Waals surface area contributed by atoms with Crippen molar-refractivity contribution in [2.75, 3.05) is 13.1 Å². The molecule has 0 radical (unpaired) electrons. The lowest BCUT2D eigenvalue weighted by atomic mass is 9.85. The molecule has 1 spiro atoms. The van der Waals surface area contributed by atoms with E-state index in [-0.39, 0.29) is 12.1 Å². The maximum Gasteiger partial charge on any atom is 0.348 e. The van der Waals surface area contributed by atoms with Crippen LogP contribution in [0.2, 0.25) is 0 Å². The van der Waals surface area contributed by atoms with Crippen LogP contribution in [0.4, 0.5) is 0 Å². The molecule has 2 aromatic carbocycles. The van der Waals surface area contributed by atoms with Gasteiger partial charge in [0.25, 0.3) is 0 Å². The van der Waals surface area contributed by atoms with E-state index in [2.05, 4.69) is 6.92 Å². The summed E-state index contributed by atoms with van der Waals surface area (Å²) >= 11 is 0. The van der Waals surface area contributed by atoms with E-state index in [0.717, 1.165) is 38.5 Å². The van der Waals surface area contributed by atoms with Gasteiger partial charge >= 0.3 is 11.9 Å². The Morgan fingerprint density at radius 3 is 1.93 bits per heavy atom. The average Bonchev–Trinajstić information content (AvgIpc) is 3.60. The molecule has 0 saturated carbocycles. The highest BCUT2D eigenvalue weighted by atomic mass is 16.7. The lowest BCUT2D eigenvalue weighted by molar-refractivity contribution is -0.956. The number of hydrogen-bond acceptors (Lipinski definition) is 7. The van der Waals surface area contributed by atoms with E-state index in [1.54, 1.807) is 0 Å². The third kappa shape index (κ3) is 8.14. The predicted octanol–water partition coefficient (Wildman–Crippen LogP) is 5.80. The summed E-state index contributed by atoms with van der Waals surface area (Å²) in [5, 5.41) is 8.25. The highest BCUT2D eigenvalue weighted by Crippen LogP contribution is 2.47. The van der Waals surface area contributed by atoms with Crippen molar-refractivity contribution in [1.82, 2.24) is 0 Å². The lowest BCUT2D eigenvalue weighted by Gasteiger charge is -2.47. The Bertz CT molecular complexity index is 1140. The van der Waals surface area contributed by atoms with Crippen LogP contribution in [0.15, 0.2) is 60.7 Å². The maximum absolute atomic E-state index is 14.6. The van der Waals surface area contributed by atoms with E-state index in [1.807, 2.05) is 67.6 Å². The van der Waals surface area contributed by atoms with Crippen LogP contribution in [-0.4, -0.2) is 60.5 Å². The average molecular weight is 622 g/mol. The molecule has 3 atom stereocenters. The van der Waals surface area contributed by atoms with Crippen molar-refractivity contribution >= 4 is 18.4 Å². The SMILES string of the molecule is CCCCCCCC(=O)OC(CC)OC(C(=O)OC1CC2CCC(C1)[N+]21CCCC1)(c1ccccc1)c1ccccc1.O=C[O-]. The van der Waals surface area contributed by atoms with Gasteiger partial charge in [0, 0.05) is 57.8 Å². The summed E-state index contributed by atoms with van der Waals surface area (Å²) in [7, 11) is 0. The third-order valence-corrected chi connectivity index (χ3v) is 10.1. The molecule has 3 unspecified atom stereocenters. The van der Waals surface area contributed by atoms with Crippen LogP contribution < -0.4 is 5.11 Å². The van der Waals surface area contributed by atoms with Gasteiger partial charge < -0.3 is 28.6 Å². The first-order chi connectivity index (χ1) is 21.9. The first-order valence-corrected chi connectivity index (χ1v) is 17.0. The van der Waals surface area contributed by atoms with Gasteiger partial charge in [0.1, 0.15) is 6.10 Å². The first kappa shape index (κ1) is 34.6. The fourth-order valence-electron chi connectivity index (χ4n) is 7.94. The minimum atomic E-state index is -1.55. The number of esters is 2. The van der Waals surface area contributed by atoms with Crippen LogP contribution in [-0.2, 0) is 34.2 Å². The van der Waals surface area contributed by atoms with Gasteiger partial charge in [-0.15, -0.1) is 0 Å². The predicted molar refractivity (Wildman–Crippen MR) is 170 cm³/mol. The first-order valence-electron chi connectivity index (χ1n) is 17.0. The molecular formula is C37H51NO7. The Morgan fingerprint density at radius 1 is 0.889 bits per heavy atom. The fourth-order valence-corrected chi connectivity index (χ4v) is 7.94. The fraction of sp³-hybridized carbons (Fsp3) is 0.595. The van der Waals surface area contributed by atoms with Gasteiger partial charge in [-0.3, -0.25) is 4.79 Å². The number of unbranched alkanes of at least 4 members (excludes halogenated alkanes) is 4. The molecule has 3 aliphatic rings. The van der Waals surface area contributed by atoms with Crippen molar-refractivity contribution in [2.24, 2.45) is 0 Å². The zero-order chi connectivity index (χ0) is 32.1. The number of ether oxygens (including phenoxy) is 3. The smallest absolute Gasteiger partial charge is 0.348 e. The van der Waals surface area contributed by atoms with Gasteiger partial charge in [0.2, 0.25) is 11.9 Å². The molecule has 0 N–H and O–H groups in total. The number of piperidine rings is 1. The van der Waals surface area contributed by atoms with Crippen LogP contribution >= 0.6 is 0 Å². The van der Waals surface area contributed by atoms with Crippen molar-refractivity contribution in [3.05, 3.63) is 71.8 Å². The number of rotatable bonds is 14. The van der Waals surface area contributed by atoms with E-state index >= 15 is 0 Å². The molecule has 8 heteroatoms. The van der Waals surface area contributed by atoms with Crippen LogP contribution in [0.1, 0.15) is 108 Å². The van der Waals surface area contributed by atoms with Crippen molar-refractivity contribution in [1.29, 1.82) is 0 Å². The number of carboxylic acid groups (broad SMARTS) is 1. The van der Waals surface area contributed by atoms with Crippen molar-refractivity contribution in [3.8, 4) is 0 Å². The van der Waals surface area contributed by atoms with E-state index in [4.69, 9.17) is 24.1 Å². The summed E-state index contributed by atoms with van der Waals surface area (Å²) in [6.07, 6.45) is 11.9. The second kappa shape index (κ2) is 16.9. The molecule has 0 amide bonds. The molecule has 3 fully saturated rings. The Hall–Kier alpha value is -3.23. The minimum Gasteiger partial charge on any atom is -0.554 e. The summed E-state index contributed by atoms with van der Waals surface area (Å²) in [5.41, 5.74) is -0.199. The number of carbonyl (C=O) groups excluding carboxylic acids is 3. The maximum atomic E-state index is 14.6. The van der Waals surface area contributed by atoms with E-state index in [9.17, 15) is 9.59 Å². The number of nitrogens with zero attached hydrogens (tertiary/aromatic N) is 1. The van der Waals surface area contributed by atoms with E-state index in [0.29, 0.717) is 36.1 Å². The van der Waals surface area contributed by atoms with Gasteiger partial charge in [-0.05, 0) is 17.5 Å². The van der Waals surface area contributed by atoms with Crippen LogP contribution in [0.5, 0.6) is 0 Å². The van der Waals surface area contributed by atoms with Crippen molar-refractivity contribution < 1.29 is 38.2 Å². The highest BCUT2D eigenvalue weighted by Gasteiger charge is 2.57. The third-order valence-electron chi connectivity index (χ3n) is 10.1. The van der Waals surface area contributed by atoms with Gasteiger partial charge in [-0.25, -0.2) is 4.79 Å². The topological polar surface area (TPSA) is 102 Å². The van der Waals surface area contributed by atoms with Crippen LogP contribution in [0.25, 0.3) is 0 Å². The molecule has 5 rings (SSSR count). The molecule has 3 aliphatic heterocycles. The van der Waals surface area contributed by atoms with E-state index < -0.39 is 24.3 Å². The van der Waals surface area contributed by atoms with Crippen molar-refractivity contribution in [3.63, 3.8) is 0 Å². The number of benzene rings is 2. The Labute approximate surface area is 268 Å². The molecule has 2 bridgehead atoms. The molecule has 246 valence electrons. The zero-order valence-corrected chi connectivity index (χ0v) is 27.1. The van der Waals surface area contributed by atoms with Gasteiger partial charge in [0.15, 0.2) is 0 Å². The number of quaternary nitrogens is 1. The molecule has 0 aromatic heterocycles. The van der Waals surface area contributed by atoms with Gasteiger partial charge in [-0.2, -0.15) is 0 Å². The molecule has 2 aromatic rings. The largest absolute Gasteiger partial charge is 0.554 e. The Morgan fingerprint density at radius 2 is 1.42 bits per heavy atom. The Balaban J connectivity index is 0.00000148. The van der Waals surface area contributed by atoms with Crippen molar-refractivity contribution in [2.45, 2.75) is 127 Å². The van der Waals surface area contributed by atoms with E-state index in [1.165, 1.54) is 49.7 Å². The van der Waals surface area contributed by atoms with Gasteiger partial charge in [-0.1, -0.05) is 100 Å². The standard InChI is InChI=1S/C36H50NO5.CH2O2/c1-3-5-6-7-14-21-33(38)41-34(4-2)42-36(28-17-10-8-11-18-28,29-19-12-9-13-20-29)35(39)40-32-26-30-22-23-31(27-32)37(30)24-15-16-25-37;2-1-3/h8-13,17-20,30-32,34H,3-7,14-16,21-27H2,1-2H3;1H,(H,2,3)/q+1;/p-1. The second-order valence-corrected chi connectivity index (χ2v) is 12.8. The second-order valence-electron chi connectivity index (χ2n) is 12.8. The quantitative estimate of drug-likeness (QED) is 0.0864. The molecule has 8 nitrogen and oxygen atoms in total. The lowest BCUT2D eigenvalue weighted by Crippen LogP contribution is -2.60. The monoisotopic (exact) mass is 621 g/mol. The summed E-state index contributed by atoms with van der Waals surface area (Å²) in [5.74, 6) is -0.710. The summed E-state index contributed by atoms with van der Waals surface area (Å²) in [6.45, 7) is 6.15. The molecule has 0 aliphatic carbocycles. The Kier molecular flexibility index (Phi) is 13.0. The number of hydrogen-bond donors (Lipinski definition) is 0. The highest BCUT2D eigenvalue weighted by molar-refractivity contribution is 5.86. The molecule has 45 heavy (non-hydrogen) atoms. The minimum absolute atomic E-state index is 0.138. The van der Waals surface area contributed by atoms with Crippen LogP contribution in [0, 0.1) is 0 Å².